The summed E-state index contributed by atoms with van der Waals surface area (Å²) in [5.41, 5.74) is 1.27. The summed E-state index contributed by atoms with van der Waals surface area (Å²) in [6, 6.07) is 1.98. The van der Waals surface area contributed by atoms with Gasteiger partial charge in [0.2, 0.25) is 0 Å². The second-order valence-corrected chi connectivity index (χ2v) is 4.01. The molecule has 1 unspecified atom stereocenters. The van der Waals surface area contributed by atoms with Crippen molar-refractivity contribution in [2.45, 2.75) is 45.1 Å². The van der Waals surface area contributed by atoms with E-state index in [-0.39, 0.29) is 0 Å². The van der Waals surface area contributed by atoms with E-state index < -0.39 is 0 Å². The quantitative estimate of drug-likeness (QED) is 0.629. The molecule has 1 aromatic rings. The van der Waals surface area contributed by atoms with Crippen LogP contribution in [0.15, 0.2) is 18.5 Å². The van der Waals surface area contributed by atoms with Gasteiger partial charge in [0.25, 0.3) is 0 Å². The van der Waals surface area contributed by atoms with Crippen LogP contribution in [0.2, 0.25) is 0 Å². The van der Waals surface area contributed by atoms with Crippen molar-refractivity contribution in [3.8, 4) is 5.75 Å². The summed E-state index contributed by atoms with van der Waals surface area (Å²) in [6.45, 7) is 2.15. The lowest BCUT2D eigenvalue weighted by molar-refractivity contribution is 0.207. The van der Waals surface area contributed by atoms with E-state index in [4.69, 9.17) is 4.74 Å². The molecule has 0 N–H and O–H groups in total. The molecule has 0 fully saturated rings. The van der Waals surface area contributed by atoms with Crippen LogP contribution in [0, 0.1) is 0 Å². The molecule has 14 heavy (non-hydrogen) atoms. The molecule has 0 aromatic carbocycles. The van der Waals surface area contributed by atoms with Crippen LogP contribution in [0.4, 0.5) is 0 Å². The highest BCUT2D eigenvalue weighted by molar-refractivity contribution is 5.30. The maximum absolute atomic E-state index is 5.88. The van der Waals surface area contributed by atoms with Gasteiger partial charge in [0.15, 0.2) is 0 Å². The van der Waals surface area contributed by atoms with Crippen LogP contribution in [0.3, 0.4) is 0 Å². The van der Waals surface area contributed by atoms with Crippen LogP contribution in [-0.2, 0) is 6.42 Å². The predicted octanol–water partition coefficient (Wildman–Crippen LogP) is 2.97. The smallest absolute Gasteiger partial charge is 0.125 e. The number of hydrogen-bond acceptors (Lipinski definition) is 2. The Bertz CT molecular complexity index is 298. The highest BCUT2D eigenvalue weighted by atomic mass is 16.5. The third-order valence-electron chi connectivity index (χ3n) is 2.74. The normalized spacial score (nSPS) is 22.5. The van der Waals surface area contributed by atoms with Crippen LogP contribution >= 0.6 is 0 Å². The molecular weight excluding hydrogens is 174 g/mol. The highest BCUT2D eigenvalue weighted by Crippen LogP contribution is 2.23. The molecule has 0 saturated carbocycles. The largest absolute Gasteiger partial charge is 0.490 e. The fraction of sp³-hybridized carbons (Fsp3) is 0.583. The molecule has 1 atom stereocenters. The van der Waals surface area contributed by atoms with Gasteiger partial charge in [0.1, 0.15) is 5.75 Å². The van der Waals surface area contributed by atoms with Gasteiger partial charge in [-0.05, 0) is 38.7 Å². The van der Waals surface area contributed by atoms with Gasteiger partial charge in [-0.3, -0.25) is 4.98 Å². The summed E-state index contributed by atoms with van der Waals surface area (Å²) in [6.07, 6.45) is 10.2. The standard InChI is InChI=1S/C12H17NO/c1-10-5-3-2-4-6-11-9-13-8-7-12(11)14-10/h7-10H,2-6H2,1H3. The van der Waals surface area contributed by atoms with Crippen molar-refractivity contribution in [1.82, 2.24) is 4.98 Å². The maximum atomic E-state index is 5.88. The van der Waals surface area contributed by atoms with Crippen molar-refractivity contribution in [3.05, 3.63) is 24.0 Å². The van der Waals surface area contributed by atoms with Crippen molar-refractivity contribution in [2.75, 3.05) is 0 Å². The van der Waals surface area contributed by atoms with Crippen LogP contribution in [0.1, 0.15) is 38.2 Å². The molecule has 2 heterocycles. The van der Waals surface area contributed by atoms with E-state index in [0.29, 0.717) is 6.10 Å². The van der Waals surface area contributed by atoms with Crippen molar-refractivity contribution < 1.29 is 4.74 Å². The molecule has 0 bridgehead atoms. The molecule has 2 nitrogen and oxygen atoms in total. The zero-order valence-corrected chi connectivity index (χ0v) is 8.70. The van der Waals surface area contributed by atoms with Gasteiger partial charge in [-0.25, -0.2) is 0 Å². The first-order valence-electron chi connectivity index (χ1n) is 5.46. The minimum atomic E-state index is 0.342. The fourth-order valence-electron chi connectivity index (χ4n) is 1.92. The van der Waals surface area contributed by atoms with Gasteiger partial charge < -0.3 is 4.74 Å². The Balaban J connectivity index is 2.21. The lowest BCUT2D eigenvalue weighted by Gasteiger charge is -2.14. The first kappa shape index (κ1) is 9.50. The van der Waals surface area contributed by atoms with E-state index in [1.807, 2.05) is 18.5 Å². The first-order chi connectivity index (χ1) is 6.86. The molecule has 1 aliphatic heterocycles. The minimum absolute atomic E-state index is 0.342. The van der Waals surface area contributed by atoms with Gasteiger partial charge in [-0.2, -0.15) is 0 Å². The van der Waals surface area contributed by atoms with E-state index in [9.17, 15) is 0 Å². The maximum Gasteiger partial charge on any atom is 0.125 e. The fourth-order valence-corrected chi connectivity index (χ4v) is 1.92. The Morgan fingerprint density at radius 1 is 1.36 bits per heavy atom. The lowest BCUT2D eigenvalue weighted by atomic mass is 10.1. The van der Waals surface area contributed by atoms with E-state index >= 15 is 0 Å². The summed E-state index contributed by atoms with van der Waals surface area (Å²) in [7, 11) is 0. The Morgan fingerprint density at radius 3 is 3.21 bits per heavy atom. The Morgan fingerprint density at radius 2 is 2.29 bits per heavy atom. The first-order valence-corrected chi connectivity index (χ1v) is 5.46. The highest BCUT2D eigenvalue weighted by Gasteiger charge is 2.10. The zero-order valence-electron chi connectivity index (χ0n) is 8.70. The average molecular weight is 191 g/mol. The molecule has 2 heteroatoms. The van der Waals surface area contributed by atoms with E-state index in [1.165, 1.54) is 31.2 Å². The average Bonchev–Trinajstić information content (AvgIpc) is 2.27. The van der Waals surface area contributed by atoms with Crippen molar-refractivity contribution in [1.29, 1.82) is 0 Å². The third-order valence-corrected chi connectivity index (χ3v) is 2.74. The second kappa shape index (κ2) is 4.45. The molecule has 76 valence electrons. The summed E-state index contributed by atoms with van der Waals surface area (Å²) in [5.74, 6) is 1.04. The SMILES string of the molecule is CC1CCCCCc2cnccc2O1. The molecule has 1 aliphatic rings. The Hall–Kier alpha value is -1.05. The van der Waals surface area contributed by atoms with Gasteiger partial charge in [0.05, 0.1) is 6.10 Å². The number of aryl methyl sites for hydroxylation is 1. The number of nitrogens with zero attached hydrogens (tertiary/aromatic N) is 1. The van der Waals surface area contributed by atoms with Crippen LogP contribution in [0.5, 0.6) is 5.75 Å². The van der Waals surface area contributed by atoms with E-state index in [1.54, 1.807) is 0 Å². The summed E-state index contributed by atoms with van der Waals surface area (Å²) in [4.78, 5) is 4.15. The number of aromatic nitrogens is 1. The van der Waals surface area contributed by atoms with Crippen LogP contribution in [-0.4, -0.2) is 11.1 Å². The molecule has 0 radical (unpaired) electrons. The van der Waals surface area contributed by atoms with Gasteiger partial charge >= 0.3 is 0 Å². The zero-order chi connectivity index (χ0) is 9.80. The summed E-state index contributed by atoms with van der Waals surface area (Å²) in [5, 5.41) is 0. The van der Waals surface area contributed by atoms with Crippen molar-refractivity contribution in [2.24, 2.45) is 0 Å². The van der Waals surface area contributed by atoms with Gasteiger partial charge in [-0.15, -0.1) is 0 Å². The number of ether oxygens (including phenoxy) is 1. The van der Waals surface area contributed by atoms with Gasteiger partial charge in [-0.1, -0.05) is 6.42 Å². The lowest BCUT2D eigenvalue weighted by Crippen LogP contribution is -2.11. The Kier molecular flexibility index (Phi) is 3.02. The predicted molar refractivity (Wildman–Crippen MR) is 56.5 cm³/mol. The summed E-state index contributed by atoms with van der Waals surface area (Å²) < 4.78 is 5.88. The summed E-state index contributed by atoms with van der Waals surface area (Å²) >= 11 is 0. The minimum Gasteiger partial charge on any atom is -0.490 e. The molecule has 0 spiro atoms. The van der Waals surface area contributed by atoms with Crippen molar-refractivity contribution >= 4 is 0 Å². The van der Waals surface area contributed by atoms with Crippen LogP contribution in [0.25, 0.3) is 0 Å². The molecule has 0 amide bonds. The molecule has 0 saturated heterocycles. The van der Waals surface area contributed by atoms with Gasteiger partial charge in [0, 0.05) is 18.0 Å². The molecular formula is C12H17NO. The monoisotopic (exact) mass is 191 g/mol. The van der Waals surface area contributed by atoms with Crippen LogP contribution < -0.4 is 4.74 Å². The number of rotatable bonds is 0. The molecule has 1 aromatic heterocycles. The topological polar surface area (TPSA) is 22.1 Å². The number of pyridine rings is 1. The van der Waals surface area contributed by atoms with E-state index in [0.717, 1.165) is 12.2 Å². The second-order valence-electron chi connectivity index (χ2n) is 4.01. The Labute approximate surface area is 85.3 Å². The molecule has 2 rings (SSSR count). The third kappa shape index (κ3) is 2.25. The number of hydrogen-bond donors (Lipinski definition) is 0. The number of fused-ring (bicyclic) bond motifs is 1. The molecule has 0 aliphatic carbocycles. The van der Waals surface area contributed by atoms with E-state index in [2.05, 4.69) is 11.9 Å². The van der Waals surface area contributed by atoms with Crippen molar-refractivity contribution in [3.63, 3.8) is 0 Å².